The molecule has 0 atom stereocenters. The van der Waals surface area contributed by atoms with Crippen LogP contribution in [0.5, 0.6) is 0 Å². The number of benzene rings is 1. The number of carbonyl (C=O) groups is 1. The molecule has 0 bridgehead atoms. The highest BCUT2D eigenvalue weighted by Gasteiger charge is 2.10. The molecule has 0 unspecified atom stereocenters. The van der Waals surface area contributed by atoms with Gasteiger partial charge in [0.1, 0.15) is 5.69 Å². The van der Waals surface area contributed by atoms with Crippen LogP contribution in [0.15, 0.2) is 47.3 Å². The Bertz CT molecular complexity index is 680. The van der Waals surface area contributed by atoms with Crippen molar-refractivity contribution in [2.24, 2.45) is 0 Å². The summed E-state index contributed by atoms with van der Waals surface area (Å²) in [6.07, 6.45) is 0.858. The van der Waals surface area contributed by atoms with Gasteiger partial charge >= 0.3 is 0 Å². The topological polar surface area (TPSA) is 67.2 Å². The summed E-state index contributed by atoms with van der Waals surface area (Å²) in [7, 11) is 3.97. The summed E-state index contributed by atoms with van der Waals surface area (Å²) in [6, 6.07) is 11.8. The second kappa shape index (κ2) is 7.51. The molecule has 1 aromatic heterocycles. The Morgan fingerprint density at radius 1 is 1.18 bits per heavy atom. The predicted octanol–water partition coefficient (Wildman–Crippen LogP) is 0.914. The molecule has 0 aliphatic rings. The van der Waals surface area contributed by atoms with Gasteiger partial charge in [-0.2, -0.15) is 9.78 Å². The molecule has 0 saturated carbocycles. The van der Waals surface area contributed by atoms with Crippen molar-refractivity contribution in [3.05, 3.63) is 58.5 Å². The lowest BCUT2D eigenvalue weighted by atomic mass is 10.3. The van der Waals surface area contributed by atoms with Gasteiger partial charge in [0.05, 0.1) is 5.69 Å². The fraction of sp³-hybridized carbons (Fsp3) is 0.312. The van der Waals surface area contributed by atoms with Crippen LogP contribution in [0.4, 0.5) is 0 Å². The minimum absolute atomic E-state index is 0.230. The highest BCUT2D eigenvalue weighted by molar-refractivity contribution is 5.92. The van der Waals surface area contributed by atoms with Crippen LogP contribution in [0.25, 0.3) is 5.69 Å². The number of carbonyl (C=O) groups excluding carboxylic acids is 1. The summed E-state index contributed by atoms with van der Waals surface area (Å²) in [5.41, 5.74) is 0.596. The molecule has 0 aliphatic carbocycles. The molecule has 1 heterocycles. The van der Waals surface area contributed by atoms with Gasteiger partial charge in [0.15, 0.2) is 0 Å². The monoisotopic (exact) mass is 300 g/mol. The summed E-state index contributed by atoms with van der Waals surface area (Å²) < 4.78 is 1.23. The van der Waals surface area contributed by atoms with E-state index in [1.807, 2.05) is 32.3 Å². The molecule has 22 heavy (non-hydrogen) atoms. The molecule has 0 spiro atoms. The van der Waals surface area contributed by atoms with Crippen LogP contribution < -0.4 is 10.9 Å². The first-order valence-corrected chi connectivity index (χ1v) is 7.16. The van der Waals surface area contributed by atoms with E-state index in [0.29, 0.717) is 12.2 Å². The van der Waals surface area contributed by atoms with Crippen molar-refractivity contribution in [1.29, 1.82) is 0 Å². The van der Waals surface area contributed by atoms with Crippen LogP contribution in [0.1, 0.15) is 16.9 Å². The van der Waals surface area contributed by atoms with Gasteiger partial charge in [-0.05, 0) is 45.3 Å². The summed E-state index contributed by atoms with van der Waals surface area (Å²) in [6.45, 7) is 1.47. The maximum Gasteiger partial charge on any atom is 0.271 e. The molecule has 0 radical (unpaired) electrons. The Morgan fingerprint density at radius 3 is 2.59 bits per heavy atom. The molecule has 6 heteroatoms. The van der Waals surface area contributed by atoms with E-state index in [2.05, 4.69) is 15.3 Å². The molecule has 116 valence electrons. The summed E-state index contributed by atoms with van der Waals surface area (Å²) in [4.78, 5) is 26.0. The molecule has 0 aliphatic heterocycles. The number of aromatic nitrogens is 2. The normalized spacial score (nSPS) is 10.7. The average Bonchev–Trinajstić information content (AvgIpc) is 2.52. The second-order valence-electron chi connectivity index (χ2n) is 5.22. The zero-order chi connectivity index (χ0) is 15.9. The van der Waals surface area contributed by atoms with Crippen LogP contribution in [0, 0.1) is 0 Å². The number of nitrogens with zero attached hydrogens (tertiary/aromatic N) is 3. The fourth-order valence-electron chi connectivity index (χ4n) is 1.97. The molecule has 1 aromatic carbocycles. The van der Waals surface area contributed by atoms with Gasteiger partial charge in [-0.15, -0.1) is 0 Å². The minimum Gasteiger partial charge on any atom is -0.351 e. The largest absolute Gasteiger partial charge is 0.351 e. The SMILES string of the molecule is CN(C)CCCNC(=O)c1ccc(=O)n(-c2ccccc2)n1. The third-order valence-electron chi connectivity index (χ3n) is 3.10. The second-order valence-corrected chi connectivity index (χ2v) is 5.22. The number of amides is 1. The van der Waals surface area contributed by atoms with Crippen molar-refractivity contribution >= 4 is 5.91 Å². The Kier molecular flexibility index (Phi) is 5.43. The zero-order valence-corrected chi connectivity index (χ0v) is 12.8. The molecule has 2 rings (SSSR count). The van der Waals surface area contributed by atoms with Crippen molar-refractivity contribution in [3.63, 3.8) is 0 Å². The molecular weight excluding hydrogens is 280 g/mol. The van der Waals surface area contributed by atoms with Gasteiger partial charge < -0.3 is 10.2 Å². The lowest BCUT2D eigenvalue weighted by Crippen LogP contribution is -2.30. The van der Waals surface area contributed by atoms with Gasteiger partial charge in [-0.1, -0.05) is 18.2 Å². The Morgan fingerprint density at radius 2 is 1.91 bits per heavy atom. The summed E-state index contributed by atoms with van der Waals surface area (Å²) in [5, 5.41) is 6.95. The Labute approximate surface area is 129 Å². The van der Waals surface area contributed by atoms with Gasteiger partial charge in [0.25, 0.3) is 11.5 Å². The van der Waals surface area contributed by atoms with Crippen LogP contribution in [0.3, 0.4) is 0 Å². The first-order valence-electron chi connectivity index (χ1n) is 7.16. The molecule has 2 aromatic rings. The number of rotatable bonds is 6. The van der Waals surface area contributed by atoms with Crippen molar-refractivity contribution in [3.8, 4) is 5.69 Å². The van der Waals surface area contributed by atoms with E-state index < -0.39 is 0 Å². The van der Waals surface area contributed by atoms with E-state index in [1.165, 1.54) is 16.8 Å². The van der Waals surface area contributed by atoms with Gasteiger partial charge in [0, 0.05) is 12.6 Å². The van der Waals surface area contributed by atoms with Crippen LogP contribution in [-0.4, -0.2) is 47.8 Å². The van der Waals surface area contributed by atoms with Gasteiger partial charge in [-0.25, -0.2) is 0 Å². The maximum atomic E-state index is 12.1. The van der Waals surface area contributed by atoms with Crippen molar-refractivity contribution in [2.75, 3.05) is 27.2 Å². The third kappa shape index (κ3) is 4.26. The maximum absolute atomic E-state index is 12.1. The van der Waals surface area contributed by atoms with E-state index in [1.54, 1.807) is 12.1 Å². The smallest absolute Gasteiger partial charge is 0.271 e. The van der Waals surface area contributed by atoms with E-state index in [0.717, 1.165) is 13.0 Å². The fourth-order valence-corrected chi connectivity index (χ4v) is 1.97. The first kappa shape index (κ1) is 15.9. The zero-order valence-electron chi connectivity index (χ0n) is 12.8. The van der Waals surface area contributed by atoms with E-state index in [9.17, 15) is 9.59 Å². The van der Waals surface area contributed by atoms with E-state index >= 15 is 0 Å². The van der Waals surface area contributed by atoms with Gasteiger partial charge in [0.2, 0.25) is 0 Å². The third-order valence-corrected chi connectivity index (χ3v) is 3.10. The van der Waals surface area contributed by atoms with Crippen LogP contribution >= 0.6 is 0 Å². The molecule has 1 N–H and O–H groups in total. The quantitative estimate of drug-likeness (QED) is 0.805. The predicted molar refractivity (Wildman–Crippen MR) is 85.3 cm³/mol. The van der Waals surface area contributed by atoms with Crippen LogP contribution in [0.2, 0.25) is 0 Å². The molecule has 0 fully saturated rings. The standard InChI is InChI=1S/C16H20N4O2/c1-19(2)12-6-11-17-16(22)14-9-10-15(21)20(18-14)13-7-4-3-5-8-13/h3-5,7-10H,6,11-12H2,1-2H3,(H,17,22). The Balaban J connectivity index is 2.09. The van der Waals surface area contributed by atoms with Gasteiger partial charge in [-0.3, -0.25) is 9.59 Å². The summed E-state index contributed by atoms with van der Waals surface area (Å²) in [5.74, 6) is -0.275. The number of hydrogen-bond acceptors (Lipinski definition) is 4. The first-order chi connectivity index (χ1) is 10.6. The average molecular weight is 300 g/mol. The molecular formula is C16H20N4O2. The van der Waals surface area contributed by atoms with E-state index in [4.69, 9.17) is 0 Å². The lowest BCUT2D eigenvalue weighted by Gasteiger charge is -2.10. The number of hydrogen-bond donors (Lipinski definition) is 1. The molecule has 0 saturated heterocycles. The minimum atomic E-state index is -0.275. The Hall–Kier alpha value is -2.47. The lowest BCUT2D eigenvalue weighted by molar-refractivity contribution is 0.0945. The molecule has 1 amide bonds. The highest BCUT2D eigenvalue weighted by Crippen LogP contribution is 2.02. The number of para-hydroxylation sites is 1. The van der Waals surface area contributed by atoms with Crippen molar-refractivity contribution in [2.45, 2.75) is 6.42 Å². The highest BCUT2D eigenvalue weighted by atomic mass is 16.2. The van der Waals surface area contributed by atoms with E-state index in [-0.39, 0.29) is 17.2 Å². The number of nitrogens with one attached hydrogen (secondary N) is 1. The molecule has 6 nitrogen and oxygen atoms in total. The van der Waals surface area contributed by atoms with Crippen molar-refractivity contribution < 1.29 is 4.79 Å². The van der Waals surface area contributed by atoms with Crippen molar-refractivity contribution in [1.82, 2.24) is 20.0 Å². The summed E-state index contributed by atoms with van der Waals surface area (Å²) >= 11 is 0. The van der Waals surface area contributed by atoms with Crippen LogP contribution in [-0.2, 0) is 0 Å².